The van der Waals surface area contributed by atoms with E-state index in [1.165, 1.54) is 55.6 Å². The SMILES string of the molecule is CC(C)(O)C(C)(C)O[B]c1cccc2c1-c1ccccc1C21c2ccccc2-c2ccc(N(c3ccccc3)c3ccc(-c4ccccc4)cc3)cc21. The molecule has 3 nitrogen and oxygen atoms in total. The van der Waals surface area contributed by atoms with Gasteiger partial charge < -0.3 is 14.7 Å². The molecule has 257 valence electrons. The minimum atomic E-state index is -1.03. The lowest BCUT2D eigenvalue weighted by molar-refractivity contribution is -0.0893. The van der Waals surface area contributed by atoms with E-state index in [1.807, 2.05) is 21.3 Å². The second-order valence-corrected chi connectivity index (χ2v) is 15.2. The van der Waals surface area contributed by atoms with Crippen molar-refractivity contribution in [2.24, 2.45) is 0 Å². The molecule has 0 saturated heterocycles. The molecule has 1 unspecified atom stereocenters. The fourth-order valence-corrected chi connectivity index (χ4v) is 8.25. The van der Waals surface area contributed by atoms with Crippen LogP contribution in [0.3, 0.4) is 0 Å². The van der Waals surface area contributed by atoms with E-state index >= 15 is 0 Å². The highest BCUT2D eigenvalue weighted by Crippen LogP contribution is 2.63. The zero-order valence-electron chi connectivity index (χ0n) is 30.5. The Morgan fingerprint density at radius 1 is 0.491 bits per heavy atom. The normalized spacial score (nSPS) is 15.4. The number of rotatable bonds is 8. The van der Waals surface area contributed by atoms with Gasteiger partial charge in [-0.1, -0.05) is 133 Å². The Kier molecular flexibility index (Phi) is 7.81. The molecule has 0 fully saturated rings. The van der Waals surface area contributed by atoms with Crippen molar-refractivity contribution >= 4 is 30.0 Å². The second-order valence-electron chi connectivity index (χ2n) is 15.2. The number of hydrogen-bond acceptors (Lipinski definition) is 3. The van der Waals surface area contributed by atoms with Gasteiger partial charge in [-0.05, 0) is 125 Å². The molecular weight excluding hydrogens is 645 g/mol. The maximum atomic E-state index is 10.9. The summed E-state index contributed by atoms with van der Waals surface area (Å²) in [7, 11) is 1.85. The van der Waals surface area contributed by atoms with E-state index in [0.717, 1.165) is 22.5 Å². The Bertz CT molecular complexity index is 2470. The summed E-state index contributed by atoms with van der Waals surface area (Å²) >= 11 is 0. The van der Waals surface area contributed by atoms with Gasteiger partial charge >= 0.3 is 7.48 Å². The molecule has 2 aliphatic rings. The van der Waals surface area contributed by atoms with Crippen LogP contribution in [-0.2, 0) is 10.1 Å². The number of anilines is 3. The van der Waals surface area contributed by atoms with Crippen LogP contribution in [0.5, 0.6) is 0 Å². The Balaban J connectivity index is 1.24. The van der Waals surface area contributed by atoms with E-state index in [4.69, 9.17) is 4.65 Å². The van der Waals surface area contributed by atoms with E-state index in [1.54, 1.807) is 13.8 Å². The monoisotopic (exact) mass is 686 g/mol. The van der Waals surface area contributed by atoms with Crippen LogP contribution in [-0.4, -0.2) is 23.8 Å². The lowest BCUT2D eigenvalue weighted by Crippen LogP contribution is -2.49. The van der Waals surface area contributed by atoms with E-state index in [2.05, 4.69) is 175 Å². The molecule has 53 heavy (non-hydrogen) atoms. The number of fused-ring (bicyclic) bond motifs is 10. The van der Waals surface area contributed by atoms with E-state index < -0.39 is 16.6 Å². The molecule has 0 saturated carbocycles. The Morgan fingerprint density at radius 2 is 1.02 bits per heavy atom. The van der Waals surface area contributed by atoms with Crippen LogP contribution < -0.4 is 10.4 Å². The first-order valence-corrected chi connectivity index (χ1v) is 18.4. The third-order valence-electron chi connectivity index (χ3n) is 11.6. The zero-order chi connectivity index (χ0) is 36.4. The molecule has 1 spiro atoms. The quantitative estimate of drug-likeness (QED) is 0.162. The van der Waals surface area contributed by atoms with Crippen LogP contribution in [0.25, 0.3) is 33.4 Å². The van der Waals surface area contributed by atoms with Crippen molar-refractivity contribution in [3.63, 3.8) is 0 Å². The van der Waals surface area contributed by atoms with Gasteiger partial charge in [-0.3, -0.25) is 0 Å². The Labute approximate surface area is 313 Å². The average Bonchev–Trinajstić information content (AvgIpc) is 3.65. The van der Waals surface area contributed by atoms with Crippen molar-refractivity contribution < 1.29 is 9.76 Å². The summed E-state index contributed by atoms with van der Waals surface area (Å²) < 4.78 is 6.41. The largest absolute Gasteiger partial charge is 0.427 e. The average molecular weight is 687 g/mol. The van der Waals surface area contributed by atoms with Crippen LogP contribution in [0.2, 0.25) is 0 Å². The van der Waals surface area contributed by atoms with E-state index in [0.29, 0.717) is 0 Å². The van der Waals surface area contributed by atoms with Crippen LogP contribution in [0.15, 0.2) is 170 Å². The van der Waals surface area contributed by atoms with Crippen LogP contribution >= 0.6 is 0 Å². The highest BCUT2D eigenvalue weighted by atomic mass is 16.5. The van der Waals surface area contributed by atoms with Gasteiger partial charge in [0.15, 0.2) is 0 Å². The molecule has 7 aromatic carbocycles. The molecule has 2 aliphatic carbocycles. The third-order valence-corrected chi connectivity index (χ3v) is 11.6. The van der Waals surface area contributed by atoms with Gasteiger partial charge in [0.1, 0.15) is 0 Å². The summed E-state index contributed by atoms with van der Waals surface area (Å²) in [4.78, 5) is 2.37. The molecule has 7 aromatic rings. The Morgan fingerprint density at radius 3 is 1.72 bits per heavy atom. The minimum absolute atomic E-state index is 0.539. The molecular formula is C49H41BNO2. The standard InChI is InChI=1S/C49H41BNO2/c1-47(2,52)48(3,4)53-50-45-25-15-24-43-46(45)40-21-12-14-23-42(40)49(43)41-22-13-11-20-38(41)39-31-30-37(32-44(39)49)51(35-18-9-6-10-19-35)36-28-26-34(27-29-36)33-16-7-5-8-17-33/h5-32,52H,1-4H3. The second kappa shape index (κ2) is 12.5. The van der Waals surface area contributed by atoms with Gasteiger partial charge in [0.2, 0.25) is 0 Å². The van der Waals surface area contributed by atoms with Gasteiger partial charge in [-0.15, -0.1) is 0 Å². The number of hydrogen-bond donors (Lipinski definition) is 1. The fourth-order valence-electron chi connectivity index (χ4n) is 8.25. The van der Waals surface area contributed by atoms with E-state index in [9.17, 15) is 5.11 Å². The summed E-state index contributed by atoms with van der Waals surface area (Å²) in [5.74, 6) is 0. The van der Waals surface area contributed by atoms with Crippen LogP contribution in [0, 0.1) is 0 Å². The van der Waals surface area contributed by atoms with Gasteiger partial charge in [-0.2, -0.15) is 0 Å². The summed E-state index contributed by atoms with van der Waals surface area (Å²) in [6, 6.07) is 61.4. The number of para-hydroxylation sites is 1. The molecule has 0 aromatic heterocycles. The summed E-state index contributed by atoms with van der Waals surface area (Å²) in [6.07, 6.45) is 0. The fraction of sp³-hybridized carbons (Fsp3) is 0.143. The lowest BCUT2D eigenvalue weighted by Gasteiger charge is -2.37. The summed E-state index contributed by atoms with van der Waals surface area (Å²) in [6.45, 7) is 7.45. The molecule has 0 aliphatic heterocycles. The first-order chi connectivity index (χ1) is 25.7. The van der Waals surface area contributed by atoms with Gasteiger partial charge in [-0.25, -0.2) is 0 Å². The molecule has 0 bridgehead atoms. The molecule has 1 N–H and O–H groups in total. The van der Waals surface area contributed by atoms with Crippen molar-refractivity contribution in [2.75, 3.05) is 4.90 Å². The maximum absolute atomic E-state index is 10.9. The molecule has 1 radical (unpaired) electrons. The maximum Gasteiger partial charge on any atom is 0.331 e. The van der Waals surface area contributed by atoms with Crippen molar-refractivity contribution in [1.82, 2.24) is 0 Å². The molecule has 1 atom stereocenters. The molecule has 4 heteroatoms. The predicted octanol–water partition coefficient (Wildman–Crippen LogP) is 11.0. The van der Waals surface area contributed by atoms with Gasteiger partial charge in [0.25, 0.3) is 0 Å². The smallest absolute Gasteiger partial charge is 0.331 e. The lowest BCUT2D eigenvalue weighted by atomic mass is 9.69. The van der Waals surface area contributed by atoms with E-state index in [-0.39, 0.29) is 0 Å². The molecule has 9 rings (SSSR count). The summed E-state index contributed by atoms with van der Waals surface area (Å²) in [5.41, 5.74) is 14.2. The van der Waals surface area contributed by atoms with Crippen molar-refractivity contribution in [2.45, 2.75) is 44.3 Å². The van der Waals surface area contributed by atoms with Crippen molar-refractivity contribution in [1.29, 1.82) is 0 Å². The number of nitrogens with zero attached hydrogens (tertiary/aromatic N) is 1. The van der Waals surface area contributed by atoms with Gasteiger partial charge in [0, 0.05) is 17.1 Å². The van der Waals surface area contributed by atoms with Crippen molar-refractivity contribution in [3.8, 4) is 33.4 Å². The van der Waals surface area contributed by atoms with Crippen molar-refractivity contribution in [3.05, 3.63) is 192 Å². The first kappa shape index (κ1) is 33.2. The first-order valence-electron chi connectivity index (χ1n) is 18.4. The minimum Gasteiger partial charge on any atom is -0.427 e. The third kappa shape index (κ3) is 5.20. The zero-order valence-corrected chi connectivity index (χ0v) is 30.5. The molecule has 0 amide bonds. The highest BCUT2D eigenvalue weighted by Gasteiger charge is 2.52. The van der Waals surface area contributed by atoms with Gasteiger partial charge in [0.05, 0.1) is 16.6 Å². The highest BCUT2D eigenvalue weighted by molar-refractivity contribution is 6.50. The topological polar surface area (TPSA) is 32.7 Å². The summed E-state index contributed by atoms with van der Waals surface area (Å²) in [5, 5.41) is 10.9. The number of aliphatic hydroxyl groups is 1. The van der Waals surface area contributed by atoms with Crippen LogP contribution in [0.1, 0.15) is 49.9 Å². The Hall–Kier alpha value is -5.68. The molecule has 0 heterocycles. The number of benzene rings is 7. The predicted molar refractivity (Wildman–Crippen MR) is 220 cm³/mol. The van der Waals surface area contributed by atoms with Crippen LogP contribution in [0.4, 0.5) is 17.1 Å².